The number of hydrogen-bond acceptors (Lipinski definition) is 2. The van der Waals surface area contributed by atoms with Gasteiger partial charge in [-0.05, 0) is 36.6 Å². The van der Waals surface area contributed by atoms with Crippen LogP contribution in [0.15, 0.2) is 22.7 Å². The summed E-state index contributed by atoms with van der Waals surface area (Å²) < 4.78 is 44.1. The molecule has 0 amide bonds. The predicted octanol–water partition coefficient (Wildman–Crippen LogP) is 3.89. The SMILES string of the molecule is NC(c1cc(C(F)(F)F)ccc1Br)C1CCCOC1. The lowest BCUT2D eigenvalue weighted by atomic mass is 9.89. The Morgan fingerprint density at radius 2 is 2.11 bits per heavy atom. The van der Waals surface area contributed by atoms with E-state index in [9.17, 15) is 13.2 Å². The molecule has 0 aliphatic carbocycles. The average molecular weight is 338 g/mol. The molecule has 6 heteroatoms. The van der Waals surface area contributed by atoms with Gasteiger partial charge in [-0.15, -0.1) is 0 Å². The number of nitrogens with two attached hydrogens (primary N) is 1. The number of hydrogen-bond donors (Lipinski definition) is 1. The quantitative estimate of drug-likeness (QED) is 0.888. The second-order valence-electron chi connectivity index (χ2n) is 4.74. The van der Waals surface area contributed by atoms with Crippen molar-refractivity contribution in [1.82, 2.24) is 0 Å². The Hall–Kier alpha value is -0.590. The summed E-state index contributed by atoms with van der Waals surface area (Å²) in [6, 6.07) is 3.14. The first-order valence-corrected chi connectivity index (χ1v) is 6.89. The molecule has 2 rings (SSSR count). The maximum Gasteiger partial charge on any atom is 0.416 e. The molecular weight excluding hydrogens is 323 g/mol. The molecule has 0 saturated carbocycles. The topological polar surface area (TPSA) is 35.2 Å². The van der Waals surface area contributed by atoms with Gasteiger partial charge in [-0.1, -0.05) is 15.9 Å². The molecule has 1 fully saturated rings. The van der Waals surface area contributed by atoms with Gasteiger partial charge in [0.05, 0.1) is 12.2 Å². The molecule has 1 aliphatic heterocycles. The van der Waals surface area contributed by atoms with E-state index in [2.05, 4.69) is 15.9 Å². The van der Waals surface area contributed by atoms with Crippen molar-refractivity contribution in [3.05, 3.63) is 33.8 Å². The number of halogens is 4. The van der Waals surface area contributed by atoms with Crippen LogP contribution in [0.25, 0.3) is 0 Å². The van der Waals surface area contributed by atoms with Crippen LogP contribution in [-0.2, 0) is 10.9 Å². The summed E-state index contributed by atoms with van der Waals surface area (Å²) in [5.41, 5.74) is 5.93. The van der Waals surface area contributed by atoms with Gasteiger partial charge in [0.25, 0.3) is 0 Å². The summed E-state index contributed by atoms with van der Waals surface area (Å²) in [7, 11) is 0. The first kappa shape index (κ1) is 14.8. The zero-order valence-corrected chi connectivity index (χ0v) is 11.8. The lowest BCUT2D eigenvalue weighted by Crippen LogP contribution is -2.29. The molecule has 2 N–H and O–H groups in total. The third-order valence-corrected chi connectivity index (χ3v) is 4.11. The minimum absolute atomic E-state index is 0.0635. The van der Waals surface area contributed by atoms with E-state index in [0.717, 1.165) is 25.0 Å². The van der Waals surface area contributed by atoms with Crippen LogP contribution in [0.2, 0.25) is 0 Å². The fourth-order valence-electron chi connectivity index (χ4n) is 2.28. The van der Waals surface area contributed by atoms with Crippen LogP contribution in [0.1, 0.15) is 30.0 Å². The van der Waals surface area contributed by atoms with E-state index in [1.165, 1.54) is 6.07 Å². The lowest BCUT2D eigenvalue weighted by Gasteiger charge is -2.28. The molecule has 1 aliphatic rings. The Labute approximate surface area is 118 Å². The molecule has 2 atom stereocenters. The van der Waals surface area contributed by atoms with E-state index >= 15 is 0 Å². The Kier molecular flexibility index (Phi) is 4.53. The monoisotopic (exact) mass is 337 g/mol. The Morgan fingerprint density at radius 3 is 2.68 bits per heavy atom. The number of rotatable bonds is 2. The van der Waals surface area contributed by atoms with E-state index in [0.29, 0.717) is 23.2 Å². The van der Waals surface area contributed by atoms with Gasteiger partial charge in [0.15, 0.2) is 0 Å². The molecule has 1 aromatic rings. The van der Waals surface area contributed by atoms with Crippen LogP contribution in [0.3, 0.4) is 0 Å². The van der Waals surface area contributed by atoms with Crippen molar-refractivity contribution in [2.75, 3.05) is 13.2 Å². The first-order valence-electron chi connectivity index (χ1n) is 6.09. The van der Waals surface area contributed by atoms with Crippen molar-refractivity contribution >= 4 is 15.9 Å². The van der Waals surface area contributed by atoms with Gasteiger partial charge in [-0.2, -0.15) is 13.2 Å². The Bertz CT molecular complexity index is 444. The Morgan fingerprint density at radius 1 is 1.37 bits per heavy atom. The van der Waals surface area contributed by atoms with Crippen molar-refractivity contribution in [3.8, 4) is 0 Å². The fraction of sp³-hybridized carbons (Fsp3) is 0.538. The zero-order chi connectivity index (χ0) is 14.0. The van der Waals surface area contributed by atoms with Crippen LogP contribution in [-0.4, -0.2) is 13.2 Å². The van der Waals surface area contributed by atoms with Gasteiger partial charge in [0.1, 0.15) is 0 Å². The number of benzene rings is 1. The van der Waals surface area contributed by atoms with Crippen LogP contribution in [0.4, 0.5) is 13.2 Å². The molecule has 2 unspecified atom stereocenters. The summed E-state index contributed by atoms with van der Waals surface area (Å²) in [5, 5.41) is 0. The van der Waals surface area contributed by atoms with Crippen molar-refractivity contribution < 1.29 is 17.9 Å². The summed E-state index contributed by atoms with van der Waals surface area (Å²) in [6.07, 6.45) is -2.57. The second kappa shape index (κ2) is 5.81. The minimum Gasteiger partial charge on any atom is -0.381 e. The van der Waals surface area contributed by atoms with E-state index in [-0.39, 0.29) is 5.92 Å². The van der Waals surface area contributed by atoms with E-state index in [1.54, 1.807) is 0 Å². The third-order valence-electron chi connectivity index (χ3n) is 3.39. The molecule has 0 bridgehead atoms. The van der Waals surface area contributed by atoms with Crippen LogP contribution >= 0.6 is 15.9 Å². The molecular formula is C13H15BrF3NO. The largest absolute Gasteiger partial charge is 0.416 e. The highest BCUT2D eigenvalue weighted by molar-refractivity contribution is 9.10. The second-order valence-corrected chi connectivity index (χ2v) is 5.59. The normalized spacial score (nSPS) is 22.3. The van der Waals surface area contributed by atoms with Crippen LogP contribution in [0.5, 0.6) is 0 Å². The molecule has 2 nitrogen and oxygen atoms in total. The summed E-state index contributed by atoms with van der Waals surface area (Å²) in [6.45, 7) is 1.21. The van der Waals surface area contributed by atoms with Gasteiger partial charge >= 0.3 is 6.18 Å². The smallest absolute Gasteiger partial charge is 0.381 e. The molecule has 0 aromatic heterocycles. The van der Waals surface area contributed by atoms with Gasteiger partial charge < -0.3 is 10.5 Å². The standard InChI is InChI=1S/C13H15BrF3NO/c14-11-4-3-9(13(15,16)17)6-10(11)12(18)8-2-1-5-19-7-8/h3-4,6,8,12H,1-2,5,7,18H2. The predicted molar refractivity (Wildman–Crippen MR) is 69.6 cm³/mol. The van der Waals surface area contributed by atoms with Crippen molar-refractivity contribution in [3.63, 3.8) is 0 Å². The number of ether oxygens (including phenoxy) is 1. The van der Waals surface area contributed by atoms with E-state index in [1.807, 2.05) is 0 Å². The summed E-state index contributed by atoms with van der Waals surface area (Å²) in [4.78, 5) is 0. The molecule has 19 heavy (non-hydrogen) atoms. The zero-order valence-electron chi connectivity index (χ0n) is 10.2. The molecule has 106 valence electrons. The average Bonchev–Trinajstić information content (AvgIpc) is 2.38. The maximum atomic E-state index is 12.7. The van der Waals surface area contributed by atoms with Gasteiger partial charge in [-0.3, -0.25) is 0 Å². The third kappa shape index (κ3) is 3.49. The van der Waals surface area contributed by atoms with Gasteiger partial charge in [0.2, 0.25) is 0 Å². The summed E-state index contributed by atoms with van der Waals surface area (Å²) in [5.74, 6) is 0.0635. The van der Waals surface area contributed by atoms with Crippen molar-refractivity contribution in [1.29, 1.82) is 0 Å². The van der Waals surface area contributed by atoms with Gasteiger partial charge in [-0.25, -0.2) is 0 Å². The van der Waals surface area contributed by atoms with Gasteiger partial charge in [0, 0.05) is 23.0 Å². The highest BCUT2D eigenvalue weighted by atomic mass is 79.9. The highest BCUT2D eigenvalue weighted by Crippen LogP contribution is 2.36. The lowest BCUT2D eigenvalue weighted by molar-refractivity contribution is -0.137. The number of alkyl halides is 3. The fourth-order valence-corrected chi connectivity index (χ4v) is 2.79. The molecule has 1 heterocycles. The summed E-state index contributed by atoms with van der Waals surface area (Å²) >= 11 is 3.28. The molecule has 1 saturated heterocycles. The Balaban J connectivity index is 2.27. The maximum absolute atomic E-state index is 12.7. The van der Waals surface area contributed by atoms with E-state index < -0.39 is 17.8 Å². The molecule has 0 spiro atoms. The van der Waals surface area contributed by atoms with Crippen molar-refractivity contribution in [2.45, 2.75) is 25.1 Å². The van der Waals surface area contributed by atoms with Crippen LogP contribution < -0.4 is 5.73 Å². The molecule has 0 radical (unpaired) electrons. The minimum atomic E-state index is -4.35. The first-order chi connectivity index (χ1) is 8.89. The highest BCUT2D eigenvalue weighted by Gasteiger charge is 2.32. The van der Waals surface area contributed by atoms with E-state index in [4.69, 9.17) is 10.5 Å². The van der Waals surface area contributed by atoms with Crippen LogP contribution in [0, 0.1) is 5.92 Å². The van der Waals surface area contributed by atoms with Crippen molar-refractivity contribution in [2.24, 2.45) is 11.7 Å². The molecule has 1 aromatic carbocycles.